The number of aliphatic hydroxyl groups excluding tert-OH is 1. The minimum absolute atomic E-state index is 0.260. The highest BCUT2D eigenvalue weighted by atomic mass is 16.3. The standard InChI is InChI=1S/C16H18O2/c17-13-16(18,15-9-5-2-6-10-15)12-11-14-7-3-1-4-8-14/h1-10,17-18H,11-13H2/t16-/m0/s1. The predicted molar refractivity (Wildman–Crippen MR) is 72.2 cm³/mol. The molecular formula is C16H18O2. The summed E-state index contributed by atoms with van der Waals surface area (Å²) in [7, 11) is 0. The van der Waals surface area contributed by atoms with Crippen molar-refractivity contribution >= 4 is 0 Å². The van der Waals surface area contributed by atoms with E-state index in [1.807, 2.05) is 60.7 Å². The fourth-order valence-corrected chi connectivity index (χ4v) is 2.06. The summed E-state index contributed by atoms with van der Waals surface area (Å²) in [6.45, 7) is -0.260. The Hall–Kier alpha value is -1.64. The highest BCUT2D eigenvalue weighted by molar-refractivity contribution is 5.23. The van der Waals surface area contributed by atoms with E-state index in [0.29, 0.717) is 6.42 Å². The molecule has 0 aliphatic carbocycles. The molecule has 18 heavy (non-hydrogen) atoms. The molecule has 1 atom stereocenters. The molecule has 0 aromatic heterocycles. The average molecular weight is 242 g/mol. The van der Waals surface area contributed by atoms with Crippen LogP contribution < -0.4 is 0 Å². The Morgan fingerprint density at radius 1 is 0.833 bits per heavy atom. The van der Waals surface area contributed by atoms with Crippen LogP contribution in [-0.2, 0) is 12.0 Å². The van der Waals surface area contributed by atoms with Gasteiger partial charge in [-0.05, 0) is 24.0 Å². The summed E-state index contributed by atoms with van der Waals surface area (Å²) in [6, 6.07) is 19.3. The van der Waals surface area contributed by atoms with Crippen molar-refractivity contribution in [3.8, 4) is 0 Å². The molecule has 0 radical (unpaired) electrons. The molecule has 0 fully saturated rings. The van der Waals surface area contributed by atoms with Crippen molar-refractivity contribution in [2.45, 2.75) is 18.4 Å². The summed E-state index contributed by atoms with van der Waals surface area (Å²) >= 11 is 0. The fraction of sp³-hybridized carbons (Fsp3) is 0.250. The number of benzene rings is 2. The smallest absolute Gasteiger partial charge is 0.113 e. The molecule has 2 aromatic rings. The van der Waals surface area contributed by atoms with Crippen LogP contribution in [0.25, 0.3) is 0 Å². The normalized spacial score (nSPS) is 14.1. The first kappa shape index (κ1) is 12.8. The van der Waals surface area contributed by atoms with Crippen molar-refractivity contribution < 1.29 is 10.2 Å². The summed E-state index contributed by atoms with van der Waals surface area (Å²) in [5.74, 6) is 0. The van der Waals surface area contributed by atoms with Gasteiger partial charge in [0.2, 0.25) is 0 Å². The molecule has 2 heteroatoms. The Morgan fingerprint density at radius 2 is 1.39 bits per heavy atom. The van der Waals surface area contributed by atoms with E-state index in [0.717, 1.165) is 12.0 Å². The molecule has 0 spiro atoms. The first-order valence-corrected chi connectivity index (χ1v) is 6.17. The van der Waals surface area contributed by atoms with Gasteiger partial charge in [0.25, 0.3) is 0 Å². The zero-order valence-corrected chi connectivity index (χ0v) is 10.3. The predicted octanol–water partition coefficient (Wildman–Crippen LogP) is 2.50. The van der Waals surface area contributed by atoms with Crippen molar-refractivity contribution in [3.63, 3.8) is 0 Å². The first-order valence-electron chi connectivity index (χ1n) is 6.17. The molecule has 0 amide bonds. The van der Waals surface area contributed by atoms with Gasteiger partial charge in [0.15, 0.2) is 0 Å². The monoisotopic (exact) mass is 242 g/mol. The van der Waals surface area contributed by atoms with Gasteiger partial charge in [0, 0.05) is 0 Å². The number of hydrogen-bond acceptors (Lipinski definition) is 2. The second-order valence-electron chi connectivity index (χ2n) is 4.54. The molecule has 94 valence electrons. The summed E-state index contributed by atoms with van der Waals surface area (Å²) in [6.07, 6.45) is 1.25. The van der Waals surface area contributed by atoms with Gasteiger partial charge in [-0.15, -0.1) is 0 Å². The van der Waals surface area contributed by atoms with Gasteiger partial charge < -0.3 is 10.2 Å². The van der Waals surface area contributed by atoms with Gasteiger partial charge in [-0.3, -0.25) is 0 Å². The van der Waals surface area contributed by atoms with E-state index in [1.165, 1.54) is 5.56 Å². The van der Waals surface area contributed by atoms with E-state index in [2.05, 4.69) is 0 Å². The largest absolute Gasteiger partial charge is 0.393 e. The highest BCUT2D eigenvalue weighted by Gasteiger charge is 2.27. The molecular weight excluding hydrogens is 224 g/mol. The molecule has 2 N–H and O–H groups in total. The van der Waals surface area contributed by atoms with Crippen molar-refractivity contribution in [1.29, 1.82) is 0 Å². The SMILES string of the molecule is OC[C@@](O)(CCc1ccccc1)c1ccccc1. The van der Waals surface area contributed by atoms with Gasteiger partial charge >= 0.3 is 0 Å². The van der Waals surface area contributed by atoms with Crippen LogP contribution in [0.15, 0.2) is 60.7 Å². The third-order valence-electron chi connectivity index (χ3n) is 3.24. The highest BCUT2D eigenvalue weighted by Crippen LogP contribution is 2.26. The molecule has 2 aromatic carbocycles. The lowest BCUT2D eigenvalue weighted by molar-refractivity contribution is -0.0259. The lowest BCUT2D eigenvalue weighted by Gasteiger charge is -2.26. The van der Waals surface area contributed by atoms with E-state index < -0.39 is 5.60 Å². The van der Waals surface area contributed by atoms with Crippen LogP contribution in [0.3, 0.4) is 0 Å². The fourth-order valence-electron chi connectivity index (χ4n) is 2.06. The minimum Gasteiger partial charge on any atom is -0.393 e. The maximum atomic E-state index is 10.5. The summed E-state index contributed by atoms with van der Waals surface area (Å²) in [5, 5.41) is 20.0. The minimum atomic E-state index is -1.16. The maximum absolute atomic E-state index is 10.5. The summed E-state index contributed by atoms with van der Waals surface area (Å²) in [4.78, 5) is 0. The lowest BCUT2D eigenvalue weighted by Crippen LogP contribution is -2.30. The molecule has 0 aliphatic heterocycles. The lowest BCUT2D eigenvalue weighted by atomic mass is 9.88. The van der Waals surface area contributed by atoms with Crippen LogP contribution in [0.4, 0.5) is 0 Å². The zero-order chi connectivity index (χ0) is 12.8. The number of rotatable bonds is 5. The summed E-state index contributed by atoms with van der Waals surface area (Å²) in [5.41, 5.74) is 0.778. The Morgan fingerprint density at radius 3 is 1.94 bits per heavy atom. The number of aryl methyl sites for hydroxylation is 1. The third-order valence-corrected chi connectivity index (χ3v) is 3.24. The van der Waals surface area contributed by atoms with Crippen LogP contribution in [0.1, 0.15) is 17.5 Å². The van der Waals surface area contributed by atoms with Crippen LogP contribution >= 0.6 is 0 Å². The first-order chi connectivity index (χ1) is 8.74. The van der Waals surface area contributed by atoms with Crippen molar-refractivity contribution in [1.82, 2.24) is 0 Å². The van der Waals surface area contributed by atoms with Crippen LogP contribution in [0, 0.1) is 0 Å². The van der Waals surface area contributed by atoms with Crippen LogP contribution in [0.5, 0.6) is 0 Å². The Bertz CT molecular complexity index is 467. The maximum Gasteiger partial charge on any atom is 0.113 e. The molecule has 0 unspecified atom stereocenters. The second kappa shape index (κ2) is 5.80. The van der Waals surface area contributed by atoms with Crippen LogP contribution in [-0.4, -0.2) is 16.8 Å². The molecule has 0 saturated heterocycles. The van der Waals surface area contributed by atoms with E-state index in [-0.39, 0.29) is 6.61 Å². The second-order valence-corrected chi connectivity index (χ2v) is 4.54. The Balaban J connectivity index is 2.10. The zero-order valence-electron chi connectivity index (χ0n) is 10.3. The molecule has 0 heterocycles. The Labute approximate surface area is 108 Å². The van der Waals surface area contributed by atoms with Gasteiger partial charge in [-0.1, -0.05) is 60.7 Å². The van der Waals surface area contributed by atoms with Gasteiger partial charge in [-0.25, -0.2) is 0 Å². The Kier molecular flexibility index (Phi) is 4.13. The van der Waals surface area contributed by atoms with Crippen LogP contribution in [0.2, 0.25) is 0 Å². The van der Waals surface area contributed by atoms with E-state index in [4.69, 9.17) is 0 Å². The van der Waals surface area contributed by atoms with Gasteiger partial charge in [0.05, 0.1) is 6.61 Å². The average Bonchev–Trinajstić information content (AvgIpc) is 2.47. The molecule has 2 rings (SSSR count). The van der Waals surface area contributed by atoms with Crippen molar-refractivity contribution in [2.24, 2.45) is 0 Å². The van der Waals surface area contributed by atoms with E-state index in [1.54, 1.807) is 0 Å². The van der Waals surface area contributed by atoms with E-state index >= 15 is 0 Å². The van der Waals surface area contributed by atoms with Gasteiger partial charge in [0.1, 0.15) is 5.60 Å². The number of aliphatic hydroxyl groups is 2. The molecule has 2 nitrogen and oxygen atoms in total. The summed E-state index contributed by atoms with van der Waals surface area (Å²) < 4.78 is 0. The third kappa shape index (κ3) is 2.97. The number of hydrogen-bond donors (Lipinski definition) is 2. The quantitative estimate of drug-likeness (QED) is 0.845. The molecule has 0 aliphatic rings. The van der Waals surface area contributed by atoms with E-state index in [9.17, 15) is 10.2 Å². The van der Waals surface area contributed by atoms with Crippen molar-refractivity contribution in [2.75, 3.05) is 6.61 Å². The topological polar surface area (TPSA) is 40.5 Å². The van der Waals surface area contributed by atoms with Gasteiger partial charge in [-0.2, -0.15) is 0 Å². The molecule has 0 saturated carbocycles. The molecule has 0 bridgehead atoms. The van der Waals surface area contributed by atoms with Crippen molar-refractivity contribution in [3.05, 3.63) is 71.8 Å².